The molecule has 0 aromatic carbocycles. The van der Waals surface area contributed by atoms with Gasteiger partial charge in [-0.3, -0.25) is 0 Å². The summed E-state index contributed by atoms with van der Waals surface area (Å²) in [6.45, 7) is 6.04. The molecule has 1 saturated heterocycles. The summed E-state index contributed by atoms with van der Waals surface area (Å²) in [5.41, 5.74) is 0. The lowest BCUT2D eigenvalue weighted by Crippen LogP contribution is -2.30. The molecule has 1 aliphatic rings. The molecule has 74 valence electrons. The summed E-state index contributed by atoms with van der Waals surface area (Å²) in [4.78, 5) is 2.56. The summed E-state index contributed by atoms with van der Waals surface area (Å²) in [5.74, 6) is 6.17. The zero-order valence-electron chi connectivity index (χ0n) is 8.46. The molecule has 1 unspecified atom stereocenters. The largest absolute Gasteiger partial charge is 0.302 e. The highest BCUT2D eigenvalue weighted by molar-refractivity contribution is 7.99. The summed E-state index contributed by atoms with van der Waals surface area (Å²) in [5, 5.41) is 0. The third-order valence-corrected chi connectivity index (χ3v) is 3.60. The molecule has 1 rings (SSSR count). The molecule has 0 spiro atoms. The Kier molecular flexibility index (Phi) is 5.34. The van der Waals surface area contributed by atoms with Crippen LogP contribution in [-0.4, -0.2) is 36.0 Å². The number of rotatable bonds is 3. The predicted octanol–water partition coefficient (Wildman–Crippen LogP) is 2.08. The molecule has 0 N–H and O–H groups in total. The van der Waals surface area contributed by atoms with Crippen molar-refractivity contribution < 1.29 is 0 Å². The zero-order valence-corrected chi connectivity index (χ0v) is 9.28. The number of hydrogen-bond donors (Lipinski definition) is 0. The standard InChI is InChI=1S/C11H19NS/c1-3-4-5-6-12-7-8-13-10-11(2)9-12/h1,11H,4-10H2,2H3. The molecule has 2 heteroatoms. The van der Waals surface area contributed by atoms with Gasteiger partial charge in [0.15, 0.2) is 0 Å². The van der Waals surface area contributed by atoms with Crippen LogP contribution >= 0.6 is 11.8 Å². The monoisotopic (exact) mass is 197 g/mol. The first-order chi connectivity index (χ1) is 6.33. The van der Waals surface area contributed by atoms with E-state index in [2.05, 4.69) is 29.5 Å². The zero-order chi connectivity index (χ0) is 9.52. The number of unbranched alkanes of at least 4 members (excludes halogenated alkanes) is 1. The fraction of sp³-hybridized carbons (Fsp3) is 0.818. The van der Waals surface area contributed by atoms with Gasteiger partial charge in [0, 0.05) is 25.3 Å². The predicted molar refractivity (Wildman–Crippen MR) is 61.0 cm³/mol. The molecule has 1 aliphatic heterocycles. The SMILES string of the molecule is C#CCCCN1CCSCC(C)C1. The number of nitrogens with zero attached hydrogens (tertiary/aromatic N) is 1. The molecule has 0 bridgehead atoms. The van der Waals surface area contributed by atoms with Crippen molar-refractivity contribution >= 4 is 11.8 Å². The Hall–Kier alpha value is -0.130. The maximum absolute atomic E-state index is 5.23. The highest BCUT2D eigenvalue weighted by atomic mass is 32.2. The highest BCUT2D eigenvalue weighted by Gasteiger charge is 2.13. The van der Waals surface area contributed by atoms with Crippen molar-refractivity contribution in [3.05, 3.63) is 0 Å². The average Bonchev–Trinajstić information content (AvgIpc) is 2.31. The molecule has 0 aliphatic carbocycles. The Morgan fingerprint density at radius 1 is 1.62 bits per heavy atom. The van der Waals surface area contributed by atoms with Gasteiger partial charge in [0.2, 0.25) is 0 Å². The molecule has 13 heavy (non-hydrogen) atoms. The van der Waals surface area contributed by atoms with E-state index in [1.807, 2.05) is 0 Å². The van der Waals surface area contributed by atoms with Gasteiger partial charge in [0.05, 0.1) is 0 Å². The van der Waals surface area contributed by atoms with Gasteiger partial charge in [0.1, 0.15) is 0 Å². The Bertz CT molecular complexity index is 173. The van der Waals surface area contributed by atoms with Gasteiger partial charge in [-0.1, -0.05) is 6.92 Å². The minimum Gasteiger partial charge on any atom is -0.302 e. The van der Waals surface area contributed by atoms with Crippen LogP contribution in [0.1, 0.15) is 19.8 Å². The lowest BCUT2D eigenvalue weighted by molar-refractivity contribution is 0.263. The average molecular weight is 197 g/mol. The maximum Gasteiger partial charge on any atom is 0.00982 e. The first-order valence-electron chi connectivity index (χ1n) is 5.06. The number of terminal acetylenes is 1. The summed E-state index contributed by atoms with van der Waals surface area (Å²) >= 11 is 2.08. The summed E-state index contributed by atoms with van der Waals surface area (Å²) < 4.78 is 0. The van der Waals surface area contributed by atoms with Crippen molar-refractivity contribution in [3.63, 3.8) is 0 Å². The van der Waals surface area contributed by atoms with Crippen LogP contribution < -0.4 is 0 Å². The quantitative estimate of drug-likeness (QED) is 0.503. The van der Waals surface area contributed by atoms with Crippen LogP contribution in [0.4, 0.5) is 0 Å². The third-order valence-electron chi connectivity index (χ3n) is 2.32. The van der Waals surface area contributed by atoms with Gasteiger partial charge in [-0.2, -0.15) is 11.8 Å². The van der Waals surface area contributed by atoms with E-state index < -0.39 is 0 Å². The topological polar surface area (TPSA) is 3.24 Å². The first kappa shape index (κ1) is 10.9. The van der Waals surface area contributed by atoms with Crippen molar-refractivity contribution in [1.82, 2.24) is 4.90 Å². The summed E-state index contributed by atoms with van der Waals surface area (Å²) in [6, 6.07) is 0. The molecule has 0 aromatic rings. The van der Waals surface area contributed by atoms with E-state index in [1.54, 1.807) is 0 Å². The lowest BCUT2D eigenvalue weighted by atomic mass is 10.2. The van der Waals surface area contributed by atoms with E-state index in [-0.39, 0.29) is 0 Å². The van der Waals surface area contributed by atoms with E-state index in [1.165, 1.54) is 31.1 Å². The van der Waals surface area contributed by atoms with Crippen LogP contribution in [0.15, 0.2) is 0 Å². The molecule has 0 amide bonds. The Balaban J connectivity index is 2.19. The molecule has 0 aromatic heterocycles. The van der Waals surface area contributed by atoms with Gasteiger partial charge >= 0.3 is 0 Å². The fourth-order valence-electron chi connectivity index (χ4n) is 1.67. The van der Waals surface area contributed by atoms with Crippen molar-refractivity contribution in [1.29, 1.82) is 0 Å². The van der Waals surface area contributed by atoms with Gasteiger partial charge in [0.25, 0.3) is 0 Å². The second-order valence-corrected chi connectivity index (χ2v) is 4.94. The van der Waals surface area contributed by atoms with Gasteiger partial charge < -0.3 is 4.90 Å². The molecular formula is C11H19NS. The van der Waals surface area contributed by atoms with Crippen LogP contribution in [-0.2, 0) is 0 Å². The minimum absolute atomic E-state index is 0.846. The second-order valence-electron chi connectivity index (χ2n) is 3.79. The summed E-state index contributed by atoms with van der Waals surface area (Å²) in [6.07, 6.45) is 7.32. The maximum atomic E-state index is 5.23. The normalized spacial score (nSPS) is 25.1. The Morgan fingerprint density at radius 3 is 3.23 bits per heavy atom. The molecule has 1 heterocycles. The fourth-order valence-corrected chi connectivity index (χ4v) is 2.73. The van der Waals surface area contributed by atoms with Crippen LogP contribution in [0.3, 0.4) is 0 Å². The van der Waals surface area contributed by atoms with Crippen LogP contribution in [0.2, 0.25) is 0 Å². The van der Waals surface area contributed by atoms with E-state index in [0.29, 0.717) is 0 Å². The van der Waals surface area contributed by atoms with E-state index in [4.69, 9.17) is 6.42 Å². The number of hydrogen-bond acceptors (Lipinski definition) is 2. The Morgan fingerprint density at radius 2 is 2.46 bits per heavy atom. The van der Waals surface area contributed by atoms with Crippen LogP contribution in [0.25, 0.3) is 0 Å². The van der Waals surface area contributed by atoms with Gasteiger partial charge in [-0.05, 0) is 24.6 Å². The van der Waals surface area contributed by atoms with E-state index in [9.17, 15) is 0 Å². The number of thioether (sulfide) groups is 1. The van der Waals surface area contributed by atoms with Crippen molar-refractivity contribution in [3.8, 4) is 12.3 Å². The molecule has 1 nitrogen and oxygen atoms in total. The Labute approximate surface area is 86.3 Å². The first-order valence-corrected chi connectivity index (χ1v) is 6.22. The molecular weight excluding hydrogens is 178 g/mol. The van der Waals surface area contributed by atoms with Gasteiger partial charge in [-0.15, -0.1) is 12.3 Å². The highest BCUT2D eigenvalue weighted by Crippen LogP contribution is 2.15. The third kappa shape index (κ3) is 4.59. The van der Waals surface area contributed by atoms with E-state index in [0.717, 1.165) is 18.8 Å². The van der Waals surface area contributed by atoms with Crippen LogP contribution in [0, 0.1) is 18.3 Å². The summed E-state index contributed by atoms with van der Waals surface area (Å²) in [7, 11) is 0. The van der Waals surface area contributed by atoms with Crippen molar-refractivity contribution in [2.45, 2.75) is 19.8 Å². The molecule has 0 radical (unpaired) electrons. The van der Waals surface area contributed by atoms with Gasteiger partial charge in [-0.25, -0.2) is 0 Å². The smallest absolute Gasteiger partial charge is 0.00982 e. The molecule has 1 fully saturated rings. The lowest BCUT2D eigenvalue weighted by Gasteiger charge is -2.21. The van der Waals surface area contributed by atoms with E-state index >= 15 is 0 Å². The molecule has 0 saturated carbocycles. The second kappa shape index (κ2) is 6.34. The molecule has 1 atom stereocenters. The van der Waals surface area contributed by atoms with Crippen LogP contribution in [0.5, 0.6) is 0 Å². The minimum atomic E-state index is 0.846. The van der Waals surface area contributed by atoms with Crippen molar-refractivity contribution in [2.24, 2.45) is 5.92 Å². The van der Waals surface area contributed by atoms with Crippen molar-refractivity contribution in [2.75, 3.05) is 31.1 Å².